The minimum absolute atomic E-state index is 0.0632. The van der Waals surface area contributed by atoms with E-state index in [1.807, 2.05) is 20.8 Å². The highest BCUT2D eigenvalue weighted by Crippen LogP contribution is 2.36. The molecule has 0 radical (unpaired) electrons. The van der Waals surface area contributed by atoms with Crippen LogP contribution in [0.3, 0.4) is 0 Å². The molecule has 0 amide bonds. The molecule has 0 aliphatic heterocycles. The highest BCUT2D eigenvalue weighted by molar-refractivity contribution is 9.10. The lowest BCUT2D eigenvalue weighted by molar-refractivity contribution is -0.137. The van der Waals surface area contributed by atoms with Crippen LogP contribution in [0.4, 0.5) is 18.9 Å². The predicted molar refractivity (Wildman–Crippen MR) is 73.3 cm³/mol. The SMILES string of the molecule is CC(C)(C)OCCNc1ccc(Br)cc1C(F)(F)F. The van der Waals surface area contributed by atoms with Crippen LogP contribution in [-0.2, 0) is 10.9 Å². The molecule has 0 heterocycles. The lowest BCUT2D eigenvalue weighted by Gasteiger charge is -2.20. The Morgan fingerprint density at radius 3 is 2.37 bits per heavy atom. The molecule has 0 saturated heterocycles. The van der Waals surface area contributed by atoms with Crippen molar-refractivity contribution in [3.8, 4) is 0 Å². The van der Waals surface area contributed by atoms with Crippen molar-refractivity contribution in [2.45, 2.75) is 32.5 Å². The van der Waals surface area contributed by atoms with Gasteiger partial charge in [0, 0.05) is 16.7 Å². The lowest BCUT2D eigenvalue weighted by Crippen LogP contribution is -2.23. The summed E-state index contributed by atoms with van der Waals surface area (Å²) in [6.45, 7) is 6.36. The molecule has 0 bridgehead atoms. The normalized spacial score (nSPS) is 12.6. The van der Waals surface area contributed by atoms with Gasteiger partial charge in [-0.2, -0.15) is 13.2 Å². The van der Waals surface area contributed by atoms with Gasteiger partial charge in [-0.3, -0.25) is 0 Å². The predicted octanol–water partition coefficient (Wildman–Crippen LogP) is 4.69. The smallest absolute Gasteiger partial charge is 0.382 e. The number of anilines is 1. The van der Waals surface area contributed by atoms with Crippen LogP contribution < -0.4 is 5.32 Å². The van der Waals surface area contributed by atoms with Crippen molar-refractivity contribution in [3.05, 3.63) is 28.2 Å². The summed E-state index contributed by atoms with van der Waals surface area (Å²) in [5, 5.41) is 2.75. The average molecular weight is 340 g/mol. The van der Waals surface area contributed by atoms with Gasteiger partial charge in [-0.1, -0.05) is 15.9 Å². The summed E-state index contributed by atoms with van der Waals surface area (Å²) >= 11 is 3.04. The summed E-state index contributed by atoms with van der Waals surface area (Å²) in [5.41, 5.74) is -0.917. The molecular weight excluding hydrogens is 323 g/mol. The van der Waals surface area contributed by atoms with Crippen LogP contribution >= 0.6 is 15.9 Å². The number of nitrogens with one attached hydrogen (secondary N) is 1. The van der Waals surface area contributed by atoms with Crippen LogP contribution in [0, 0.1) is 0 Å². The molecule has 0 saturated carbocycles. The summed E-state index contributed by atoms with van der Waals surface area (Å²) in [6, 6.07) is 4.04. The molecule has 0 fully saturated rings. The molecule has 0 spiro atoms. The van der Waals surface area contributed by atoms with E-state index >= 15 is 0 Å². The quantitative estimate of drug-likeness (QED) is 0.803. The van der Waals surface area contributed by atoms with Crippen molar-refractivity contribution in [2.75, 3.05) is 18.5 Å². The van der Waals surface area contributed by atoms with E-state index in [2.05, 4.69) is 21.2 Å². The highest BCUT2D eigenvalue weighted by atomic mass is 79.9. The van der Waals surface area contributed by atoms with Gasteiger partial charge in [-0.25, -0.2) is 0 Å². The molecule has 0 aromatic heterocycles. The van der Waals surface area contributed by atoms with E-state index in [1.165, 1.54) is 6.07 Å². The maximum Gasteiger partial charge on any atom is 0.418 e. The summed E-state index contributed by atoms with van der Waals surface area (Å²) in [6.07, 6.45) is -4.38. The first-order valence-electron chi connectivity index (χ1n) is 5.84. The Balaban J connectivity index is 2.68. The summed E-state index contributed by atoms with van der Waals surface area (Å²) in [4.78, 5) is 0. The topological polar surface area (TPSA) is 21.3 Å². The Morgan fingerprint density at radius 2 is 1.84 bits per heavy atom. The van der Waals surface area contributed by atoms with Crippen LogP contribution in [0.25, 0.3) is 0 Å². The van der Waals surface area contributed by atoms with Crippen molar-refractivity contribution in [2.24, 2.45) is 0 Å². The first-order valence-corrected chi connectivity index (χ1v) is 6.63. The second-order valence-electron chi connectivity index (χ2n) is 5.08. The van der Waals surface area contributed by atoms with E-state index in [-0.39, 0.29) is 11.3 Å². The van der Waals surface area contributed by atoms with Crippen molar-refractivity contribution in [1.29, 1.82) is 0 Å². The number of benzene rings is 1. The van der Waals surface area contributed by atoms with Gasteiger partial charge >= 0.3 is 6.18 Å². The maximum absolute atomic E-state index is 12.8. The van der Waals surface area contributed by atoms with Crippen molar-refractivity contribution < 1.29 is 17.9 Å². The second-order valence-corrected chi connectivity index (χ2v) is 5.99. The Labute approximate surface area is 119 Å². The Bertz CT molecular complexity index is 427. The molecule has 0 aliphatic carbocycles. The fraction of sp³-hybridized carbons (Fsp3) is 0.538. The molecule has 19 heavy (non-hydrogen) atoms. The van der Waals surface area contributed by atoms with E-state index < -0.39 is 11.7 Å². The van der Waals surface area contributed by atoms with Crippen LogP contribution in [-0.4, -0.2) is 18.8 Å². The van der Waals surface area contributed by atoms with Crippen LogP contribution in [0.2, 0.25) is 0 Å². The minimum Gasteiger partial charge on any atom is -0.382 e. The molecule has 0 atom stereocenters. The van der Waals surface area contributed by atoms with Gasteiger partial charge in [0.25, 0.3) is 0 Å². The first-order chi connectivity index (χ1) is 8.59. The second kappa shape index (κ2) is 6.13. The van der Waals surface area contributed by atoms with Gasteiger partial charge in [-0.05, 0) is 39.0 Å². The Kier molecular flexibility index (Phi) is 5.26. The van der Waals surface area contributed by atoms with Gasteiger partial charge in [0.1, 0.15) is 0 Å². The molecule has 0 aliphatic rings. The summed E-state index contributed by atoms with van der Waals surface area (Å²) in [5.74, 6) is 0. The van der Waals surface area contributed by atoms with E-state index in [9.17, 15) is 13.2 Å². The Hall–Kier alpha value is -0.750. The molecule has 0 unspecified atom stereocenters. The van der Waals surface area contributed by atoms with E-state index in [0.717, 1.165) is 6.07 Å². The third-order valence-electron chi connectivity index (χ3n) is 2.24. The number of alkyl halides is 3. The molecule has 1 aromatic rings. The molecule has 1 N–H and O–H groups in total. The van der Waals surface area contributed by atoms with Gasteiger partial charge in [0.05, 0.1) is 17.8 Å². The minimum atomic E-state index is -4.38. The zero-order valence-corrected chi connectivity index (χ0v) is 12.7. The molecule has 1 aromatic carbocycles. The largest absolute Gasteiger partial charge is 0.418 e. The van der Waals surface area contributed by atoms with Crippen molar-refractivity contribution in [1.82, 2.24) is 0 Å². The third kappa shape index (κ3) is 5.82. The number of hydrogen-bond acceptors (Lipinski definition) is 2. The van der Waals surface area contributed by atoms with Crippen LogP contribution in [0.15, 0.2) is 22.7 Å². The zero-order valence-electron chi connectivity index (χ0n) is 11.1. The fourth-order valence-corrected chi connectivity index (χ4v) is 1.81. The van der Waals surface area contributed by atoms with Gasteiger partial charge in [0.15, 0.2) is 0 Å². The molecule has 108 valence electrons. The molecule has 2 nitrogen and oxygen atoms in total. The van der Waals surface area contributed by atoms with Crippen LogP contribution in [0.5, 0.6) is 0 Å². The van der Waals surface area contributed by atoms with Crippen molar-refractivity contribution in [3.63, 3.8) is 0 Å². The maximum atomic E-state index is 12.8. The van der Waals surface area contributed by atoms with Crippen LogP contribution in [0.1, 0.15) is 26.3 Å². The van der Waals surface area contributed by atoms with Gasteiger partial charge in [-0.15, -0.1) is 0 Å². The number of halogens is 4. The summed E-state index contributed by atoms with van der Waals surface area (Å²) < 4.78 is 44.4. The van der Waals surface area contributed by atoms with Gasteiger partial charge in [0.2, 0.25) is 0 Å². The number of ether oxygens (including phenoxy) is 1. The lowest BCUT2D eigenvalue weighted by atomic mass is 10.1. The van der Waals surface area contributed by atoms with E-state index in [0.29, 0.717) is 17.6 Å². The van der Waals surface area contributed by atoms with Crippen molar-refractivity contribution >= 4 is 21.6 Å². The van der Waals surface area contributed by atoms with E-state index in [4.69, 9.17) is 4.74 Å². The number of hydrogen-bond donors (Lipinski definition) is 1. The Morgan fingerprint density at radius 1 is 1.21 bits per heavy atom. The molecule has 1 rings (SSSR count). The fourth-order valence-electron chi connectivity index (χ4n) is 1.45. The third-order valence-corrected chi connectivity index (χ3v) is 2.73. The highest BCUT2D eigenvalue weighted by Gasteiger charge is 2.33. The van der Waals surface area contributed by atoms with Gasteiger partial charge < -0.3 is 10.1 Å². The zero-order chi connectivity index (χ0) is 14.7. The van der Waals surface area contributed by atoms with E-state index in [1.54, 1.807) is 6.07 Å². The molecular formula is C13H17BrF3NO. The summed E-state index contributed by atoms with van der Waals surface area (Å²) in [7, 11) is 0. The standard InChI is InChI=1S/C13H17BrF3NO/c1-12(2,3)19-7-6-18-11-5-4-9(14)8-10(11)13(15,16)17/h4-5,8,18H,6-7H2,1-3H3. The average Bonchev–Trinajstić information content (AvgIpc) is 2.23. The first kappa shape index (κ1) is 16.3. The number of rotatable bonds is 4. The molecule has 6 heteroatoms. The monoisotopic (exact) mass is 339 g/mol.